The van der Waals surface area contributed by atoms with E-state index in [1.54, 1.807) is 20.3 Å². The molecule has 1 aromatic rings. The van der Waals surface area contributed by atoms with E-state index in [0.29, 0.717) is 16.5 Å². The van der Waals surface area contributed by atoms with Crippen LogP contribution in [0.2, 0.25) is 5.02 Å². The van der Waals surface area contributed by atoms with Gasteiger partial charge in [-0.25, -0.2) is 0 Å². The van der Waals surface area contributed by atoms with Crippen molar-refractivity contribution in [1.29, 1.82) is 0 Å². The molecule has 0 radical (unpaired) electrons. The van der Waals surface area contributed by atoms with Crippen molar-refractivity contribution in [2.45, 2.75) is 32.0 Å². The predicted molar refractivity (Wildman–Crippen MR) is 80.3 cm³/mol. The quantitative estimate of drug-likeness (QED) is 0.686. The fraction of sp³-hybridized carbons (Fsp3) is 0.571. The fourth-order valence-electron chi connectivity index (χ4n) is 1.66. The normalized spacial score (nSPS) is 13.3. The number of rotatable bonds is 5. The number of methoxy groups -OCH3 is 2. The van der Waals surface area contributed by atoms with Crippen molar-refractivity contribution < 1.29 is 9.47 Å². The van der Waals surface area contributed by atoms with Crippen LogP contribution >= 0.6 is 27.5 Å². The lowest BCUT2D eigenvalue weighted by Crippen LogP contribution is -2.17. The van der Waals surface area contributed by atoms with Crippen LogP contribution in [0, 0.1) is 5.41 Å². The van der Waals surface area contributed by atoms with Gasteiger partial charge in [0.25, 0.3) is 0 Å². The molecule has 1 atom stereocenters. The van der Waals surface area contributed by atoms with Gasteiger partial charge in [-0.15, -0.1) is 0 Å². The zero-order valence-electron chi connectivity index (χ0n) is 11.5. The smallest absolute Gasteiger partial charge is 0.162 e. The highest BCUT2D eigenvalue weighted by Gasteiger charge is 2.29. The van der Waals surface area contributed by atoms with Gasteiger partial charge in [0.15, 0.2) is 11.5 Å². The summed E-state index contributed by atoms with van der Waals surface area (Å²) in [5.74, 6) is 1.36. The van der Waals surface area contributed by atoms with E-state index < -0.39 is 0 Å². The molecule has 102 valence electrons. The number of alkyl halides is 1. The summed E-state index contributed by atoms with van der Waals surface area (Å²) in [5.41, 5.74) is 1.14. The minimum absolute atomic E-state index is 0.114. The molecule has 0 aromatic heterocycles. The van der Waals surface area contributed by atoms with Crippen LogP contribution in [0.25, 0.3) is 0 Å². The van der Waals surface area contributed by atoms with Crippen molar-refractivity contribution in [2.24, 2.45) is 5.41 Å². The molecule has 0 N–H and O–H groups in total. The predicted octanol–water partition coefficient (Wildman–Crippen LogP) is 5.23. The molecule has 2 nitrogen and oxygen atoms in total. The summed E-state index contributed by atoms with van der Waals surface area (Å²) in [4.78, 5) is 0.169. The third kappa shape index (κ3) is 3.12. The summed E-state index contributed by atoms with van der Waals surface area (Å²) in [6.45, 7) is 6.59. The number of hydrogen-bond donors (Lipinski definition) is 0. The average Bonchev–Trinajstić information content (AvgIpc) is 2.37. The number of halogens is 2. The second-order valence-corrected chi connectivity index (χ2v) is 6.26. The van der Waals surface area contributed by atoms with E-state index in [9.17, 15) is 0 Å². The van der Waals surface area contributed by atoms with E-state index in [1.165, 1.54) is 0 Å². The van der Waals surface area contributed by atoms with Crippen LogP contribution in [0.15, 0.2) is 12.1 Å². The molecule has 1 unspecified atom stereocenters. The van der Waals surface area contributed by atoms with Crippen molar-refractivity contribution in [3.05, 3.63) is 22.7 Å². The largest absolute Gasteiger partial charge is 0.493 e. The second kappa shape index (κ2) is 6.16. The fourth-order valence-corrected chi connectivity index (χ4v) is 2.76. The van der Waals surface area contributed by atoms with Crippen molar-refractivity contribution in [2.75, 3.05) is 14.2 Å². The summed E-state index contributed by atoms with van der Waals surface area (Å²) < 4.78 is 10.6. The van der Waals surface area contributed by atoms with Crippen LogP contribution in [0.3, 0.4) is 0 Å². The summed E-state index contributed by atoms with van der Waals surface area (Å²) >= 11 is 10.1. The van der Waals surface area contributed by atoms with Gasteiger partial charge in [-0.05, 0) is 23.5 Å². The highest BCUT2D eigenvalue weighted by Crippen LogP contribution is 2.47. The second-order valence-electron chi connectivity index (χ2n) is 4.93. The molecule has 0 amide bonds. The Kier molecular flexibility index (Phi) is 5.35. The van der Waals surface area contributed by atoms with E-state index in [4.69, 9.17) is 21.1 Å². The SMILES string of the molecule is CCC(C)(C)C(Br)c1cc(OC)c(OC)cc1Cl. The maximum absolute atomic E-state index is 6.33. The first-order valence-corrected chi connectivity index (χ1v) is 7.22. The third-order valence-corrected chi connectivity index (χ3v) is 5.43. The summed E-state index contributed by atoms with van der Waals surface area (Å²) in [5, 5.41) is 0.691. The standard InChI is InChI=1S/C14H20BrClO2/c1-6-14(2,3)13(15)9-7-11(17-4)12(18-5)8-10(9)16/h7-8,13H,6H2,1-5H3. The molecular weight excluding hydrogens is 316 g/mol. The van der Waals surface area contributed by atoms with E-state index in [-0.39, 0.29) is 10.2 Å². The van der Waals surface area contributed by atoms with Gasteiger partial charge in [-0.2, -0.15) is 0 Å². The molecule has 0 heterocycles. The molecule has 0 fully saturated rings. The van der Waals surface area contributed by atoms with Crippen LogP contribution in [-0.2, 0) is 0 Å². The zero-order valence-corrected chi connectivity index (χ0v) is 13.9. The molecule has 4 heteroatoms. The highest BCUT2D eigenvalue weighted by atomic mass is 79.9. The lowest BCUT2D eigenvalue weighted by Gasteiger charge is -2.30. The molecule has 0 aliphatic rings. The van der Waals surface area contributed by atoms with Crippen LogP contribution in [0.4, 0.5) is 0 Å². The third-order valence-electron chi connectivity index (χ3n) is 3.37. The van der Waals surface area contributed by atoms with E-state index in [2.05, 4.69) is 36.7 Å². The number of hydrogen-bond acceptors (Lipinski definition) is 2. The Morgan fingerprint density at radius 2 is 1.72 bits per heavy atom. The van der Waals surface area contributed by atoms with E-state index in [1.807, 2.05) is 6.07 Å². The summed E-state index contributed by atoms with van der Waals surface area (Å²) in [6, 6.07) is 3.74. The van der Waals surface area contributed by atoms with Crippen LogP contribution < -0.4 is 9.47 Å². The maximum atomic E-state index is 6.33. The first-order valence-electron chi connectivity index (χ1n) is 5.92. The lowest BCUT2D eigenvalue weighted by atomic mass is 9.83. The van der Waals surface area contributed by atoms with Crippen LogP contribution in [0.5, 0.6) is 11.5 Å². The van der Waals surface area contributed by atoms with E-state index in [0.717, 1.165) is 12.0 Å². The molecule has 0 aliphatic carbocycles. The zero-order chi connectivity index (χ0) is 13.9. The molecule has 0 saturated carbocycles. The highest BCUT2D eigenvalue weighted by molar-refractivity contribution is 9.09. The van der Waals surface area contributed by atoms with Crippen molar-refractivity contribution >= 4 is 27.5 Å². The van der Waals surface area contributed by atoms with Crippen molar-refractivity contribution in [3.63, 3.8) is 0 Å². The molecule has 0 spiro atoms. The van der Waals surface area contributed by atoms with Gasteiger partial charge in [0.2, 0.25) is 0 Å². The molecule has 1 aromatic carbocycles. The molecule has 18 heavy (non-hydrogen) atoms. The Bertz CT molecular complexity index is 419. The lowest BCUT2D eigenvalue weighted by molar-refractivity contribution is 0.339. The first-order chi connectivity index (χ1) is 8.37. The van der Waals surface area contributed by atoms with Gasteiger partial charge in [0, 0.05) is 15.9 Å². The Morgan fingerprint density at radius 3 is 2.17 bits per heavy atom. The summed E-state index contributed by atoms with van der Waals surface area (Å²) in [7, 11) is 3.24. The first kappa shape index (κ1) is 15.6. The minimum Gasteiger partial charge on any atom is -0.493 e. The maximum Gasteiger partial charge on any atom is 0.162 e. The molecular formula is C14H20BrClO2. The van der Waals surface area contributed by atoms with Crippen LogP contribution in [-0.4, -0.2) is 14.2 Å². The Morgan fingerprint density at radius 1 is 1.22 bits per heavy atom. The Labute approximate surface area is 123 Å². The van der Waals surface area contributed by atoms with Gasteiger partial charge >= 0.3 is 0 Å². The minimum atomic E-state index is 0.114. The number of benzene rings is 1. The Balaban J connectivity index is 3.25. The average molecular weight is 336 g/mol. The molecule has 0 saturated heterocycles. The summed E-state index contributed by atoms with van der Waals surface area (Å²) in [6.07, 6.45) is 1.05. The molecule has 0 bridgehead atoms. The van der Waals surface area contributed by atoms with Gasteiger partial charge in [0.05, 0.1) is 14.2 Å². The van der Waals surface area contributed by atoms with Crippen LogP contribution in [0.1, 0.15) is 37.6 Å². The molecule has 0 aliphatic heterocycles. The van der Waals surface area contributed by atoms with Crippen molar-refractivity contribution in [3.8, 4) is 11.5 Å². The van der Waals surface area contributed by atoms with Gasteiger partial charge < -0.3 is 9.47 Å². The van der Waals surface area contributed by atoms with Gasteiger partial charge in [-0.1, -0.05) is 48.3 Å². The Hall–Kier alpha value is -0.410. The van der Waals surface area contributed by atoms with Gasteiger partial charge in [0.1, 0.15) is 0 Å². The van der Waals surface area contributed by atoms with E-state index >= 15 is 0 Å². The van der Waals surface area contributed by atoms with Gasteiger partial charge in [-0.3, -0.25) is 0 Å². The number of ether oxygens (including phenoxy) is 2. The monoisotopic (exact) mass is 334 g/mol. The van der Waals surface area contributed by atoms with Crippen molar-refractivity contribution in [1.82, 2.24) is 0 Å². The molecule has 1 rings (SSSR count). The topological polar surface area (TPSA) is 18.5 Å².